The molecule has 0 aliphatic rings. The lowest BCUT2D eigenvalue weighted by atomic mass is 10.2. The number of carbonyl (C=O) groups excluding carboxylic acids is 3. The molecule has 1 atom stereocenters. The van der Waals surface area contributed by atoms with Gasteiger partial charge in [0.1, 0.15) is 5.75 Å². The molecule has 0 radical (unpaired) electrons. The van der Waals surface area contributed by atoms with Gasteiger partial charge in [0.15, 0.2) is 6.10 Å². The fourth-order valence-corrected chi connectivity index (χ4v) is 1.75. The monoisotopic (exact) mass is 334 g/mol. The average molecular weight is 334 g/mol. The Labute approximate surface area is 141 Å². The number of para-hydroxylation sites is 1. The highest BCUT2D eigenvalue weighted by atomic mass is 16.5. The molecular formula is C17H22N2O5. The van der Waals surface area contributed by atoms with E-state index < -0.39 is 24.0 Å². The first-order valence-electron chi connectivity index (χ1n) is 7.67. The Balaban J connectivity index is 2.59. The second-order valence-corrected chi connectivity index (χ2v) is 4.73. The van der Waals surface area contributed by atoms with Crippen LogP contribution in [0.15, 0.2) is 30.3 Å². The molecular weight excluding hydrogens is 312 g/mol. The maximum atomic E-state index is 11.8. The van der Waals surface area contributed by atoms with Gasteiger partial charge in [0, 0.05) is 18.2 Å². The van der Waals surface area contributed by atoms with Crippen molar-refractivity contribution in [1.82, 2.24) is 10.6 Å². The number of nitrogens with one attached hydrogen (secondary N) is 2. The summed E-state index contributed by atoms with van der Waals surface area (Å²) in [7, 11) is 0. The quantitative estimate of drug-likeness (QED) is 0.586. The van der Waals surface area contributed by atoms with Crippen molar-refractivity contribution in [3.8, 4) is 5.75 Å². The van der Waals surface area contributed by atoms with Crippen molar-refractivity contribution in [2.45, 2.75) is 26.9 Å². The number of rotatable bonds is 7. The average Bonchev–Trinajstić information content (AvgIpc) is 2.54. The molecule has 0 aliphatic carbocycles. The summed E-state index contributed by atoms with van der Waals surface area (Å²) in [5.74, 6) is -0.747. The summed E-state index contributed by atoms with van der Waals surface area (Å²) < 4.78 is 10.4. The number of hydrogen-bond donors (Lipinski definition) is 2. The summed E-state index contributed by atoms with van der Waals surface area (Å²) in [6, 6.07) is 6.59. The molecule has 0 aliphatic heterocycles. The molecule has 1 unspecified atom stereocenters. The smallest absolute Gasteiger partial charge is 0.331 e. The second kappa shape index (κ2) is 10.0. The Hall–Kier alpha value is -2.83. The second-order valence-electron chi connectivity index (χ2n) is 4.73. The van der Waals surface area contributed by atoms with E-state index in [1.165, 1.54) is 13.0 Å². The zero-order valence-electron chi connectivity index (χ0n) is 14.0. The van der Waals surface area contributed by atoms with Gasteiger partial charge in [-0.25, -0.2) is 9.59 Å². The highest BCUT2D eigenvalue weighted by Crippen LogP contribution is 2.19. The Morgan fingerprint density at radius 3 is 2.58 bits per heavy atom. The molecule has 7 heteroatoms. The van der Waals surface area contributed by atoms with Crippen molar-refractivity contribution in [2.75, 3.05) is 13.2 Å². The number of benzene rings is 1. The Morgan fingerprint density at radius 2 is 1.92 bits per heavy atom. The van der Waals surface area contributed by atoms with E-state index in [4.69, 9.17) is 9.47 Å². The van der Waals surface area contributed by atoms with Gasteiger partial charge in [-0.15, -0.1) is 0 Å². The van der Waals surface area contributed by atoms with Crippen molar-refractivity contribution in [3.05, 3.63) is 35.9 Å². The molecule has 7 nitrogen and oxygen atoms in total. The van der Waals surface area contributed by atoms with E-state index in [0.29, 0.717) is 18.9 Å². The van der Waals surface area contributed by atoms with E-state index in [0.717, 1.165) is 5.56 Å². The topological polar surface area (TPSA) is 93.7 Å². The number of carbonyl (C=O) groups is 3. The lowest BCUT2D eigenvalue weighted by Gasteiger charge is -2.11. The number of esters is 1. The predicted octanol–water partition coefficient (Wildman–Crippen LogP) is 1.88. The number of urea groups is 1. The van der Waals surface area contributed by atoms with Crippen LogP contribution < -0.4 is 15.4 Å². The highest BCUT2D eigenvalue weighted by Gasteiger charge is 2.18. The molecule has 1 rings (SSSR count). The van der Waals surface area contributed by atoms with E-state index in [9.17, 15) is 14.4 Å². The van der Waals surface area contributed by atoms with Crippen LogP contribution in [0.4, 0.5) is 4.79 Å². The standard InChI is InChI=1S/C17H22N2O5/c1-4-18-17(22)19-16(21)12(3)24-15(20)11-10-13-8-6-7-9-14(13)23-5-2/h6-12H,4-5H2,1-3H3,(H2,18,19,21,22)/b11-10+. The molecule has 0 spiro atoms. The van der Waals surface area contributed by atoms with Gasteiger partial charge in [0.2, 0.25) is 0 Å². The molecule has 0 aromatic heterocycles. The first kappa shape index (κ1) is 19.2. The third kappa shape index (κ3) is 6.51. The molecule has 1 aromatic rings. The van der Waals surface area contributed by atoms with Gasteiger partial charge >= 0.3 is 12.0 Å². The van der Waals surface area contributed by atoms with Gasteiger partial charge < -0.3 is 14.8 Å². The fourth-order valence-electron chi connectivity index (χ4n) is 1.75. The van der Waals surface area contributed by atoms with Crippen molar-refractivity contribution < 1.29 is 23.9 Å². The Kier molecular flexibility index (Phi) is 8.04. The lowest BCUT2D eigenvalue weighted by Crippen LogP contribution is -2.44. The molecule has 130 valence electrons. The SMILES string of the molecule is CCNC(=O)NC(=O)C(C)OC(=O)/C=C/c1ccccc1OCC. The molecule has 0 heterocycles. The predicted molar refractivity (Wildman–Crippen MR) is 89.4 cm³/mol. The van der Waals surface area contributed by atoms with Crippen LogP contribution in [-0.4, -0.2) is 37.2 Å². The minimum Gasteiger partial charge on any atom is -0.493 e. The number of amides is 3. The maximum Gasteiger partial charge on any atom is 0.331 e. The minimum atomic E-state index is -1.09. The molecule has 0 fully saturated rings. The third-order valence-electron chi connectivity index (χ3n) is 2.85. The van der Waals surface area contributed by atoms with Gasteiger partial charge in [-0.05, 0) is 32.9 Å². The zero-order chi connectivity index (χ0) is 17.9. The summed E-state index contributed by atoms with van der Waals surface area (Å²) >= 11 is 0. The van der Waals surface area contributed by atoms with Gasteiger partial charge in [0.05, 0.1) is 6.61 Å². The first-order chi connectivity index (χ1) is 11.5. The van der Waals surface area contributed by atoms with Crippen LogP contribution in [0.3, 0.4) is 0 Å². The lowest BCUT2D eigenvalue weighted by molar-refractivity contribution is -0.149. The minimum absolute atomic E-state index is 0.384. The van der Waals surface area contributed by atoms with Gasteiger partial charge in [-0.2, -0.15) is 0 Å². The fraction of sp³-hybridized carbons (Fsp3) is 0.353. The summed E-state index contributed by atoms with van der Waals surface area (Å²) in [6.07, 6.45) is 1.65. The van der Waals surface area contributed by atoms with Crippen LogP contribution in [0.5, 0.6) is 5.75 Å². The van der Waals surface area contributed by atoms with Crippen LogP contribution in [0.1, 0.15) is 26.3 Å². The van der Waals surface area contributed by atoms with E-state index in [1.807, 2.05) is 19.1 Å². The van der Waals surface area contributed by atoms with Gasteiger partial charge in [-0.3, -0.25) is 10.1 Å². The molecule has 0 saturated carbocycles. The van der Waals surface area contributed by atoms with Crippen molar-refractivity contribution in [3.63, 3.8) is 0 Å². The summed E-state index contributed by atoms with van der Waals surface area (Å²) in [5, 5.41) is 4.49. The first-order valence-corrected chi connectivity index (χ1v) is 7.67. The van der Waals surface area contributed by atoms with Crippen LogP contribution in [-0.2, 0) is 14.3 Å². The zero-order valence-corrected chi connectivity index (χ0v) is 14.0. The third-order valence-corrected chi connectivity index (χ3v) is 2.85. The Morgan fingerprint density at radius 1 is 1.21 bits per heavy atom. The van der Waals surface area contributed by atoms with E-state index in [1.54, 1.807) is 25.1 Å². The number of hydrogen-bond acceptors (Lipinski definition) is 5. The molecule has 2 N–H and O–H groups in total. The summed E-state index contributed by atoms with van der Waals surface area (Å²) in [4.78, 5) is 34.7. The number of ether oxygens (including phenoxy) is 2. The maximum absolute atomic E-state index is 11.8. The van der Waals surface area contributed by atoms with Crippen LogP contribution in [0.25, 0.3) is 6.08 Å². The molecule has 0 bridgehead atoms. The van der Waals surface area contributed by atoms with Crippen LogP contribution in [0.2, 0.25) is 0 Å². The molecule has 24 heavy (non-hydrogen) atoms. The van der Waals surface area contributed by atoms with Crippen LogP contribution in [0, 0.1) is 0 Å². The van der Waals surface area contributed by atoms with Crippen molar-refractivity contribution >= 4 is 24.0 Å². The summed E-state index contributed by atoms with van der Waals surface area (Å²) in [5.41, 5.74) is 0.718. The molecule has 3 amide bonds. The van der Waals surface area contributed by atoms with E-state index in [2.05, 4.69) is 10.6 Å². The van der Waals surface area contributed by atoms with Crippen molar-refractivity contribution in [1.29, 1.82) is 0 Å². The van der Waals surface area contributed by atoms with E-state index >= 15 is 0 Å². The largest absolute Gasteiger partial charge is 0.493 e. The normalized spacial score (nSPS) is 11.6. The summed E-state index contributed by atoms with van der Waals surface area (Å²) in [6.45, 7) is 5.86. The molecule has 0 saturated heterocycles. The Bertz CT molecular complexity index is 613. The van der Waals surface area contributed by atoms with Gasteiger partial charge in [0.25, 0.3) is 5.91 Å². The number of imide groups is 1. The van der Waals surface area contributed by atoms with Crippen molar-refractivity contribution in [2.24, 2.45) is 0 Å². The van der Waals surface area contributed by atoms with E-state index in [-0.39, 0.29) is 0 Å². The van der Waals surface area contributed by atoms with Crippen LogP contribution >= 0.6 is 0 Å². The van der Waals surface area contributed by atoms with Gasteiger partial charge in [-0.1, -0.05) is 18.2 Å². The highest BCUT2D eigenvalue weighted by molar-refractivity contribution is 5.98. The molecule has 1 aromatic carbocycles.